The van der Waals surface area contributed by atoms with Crippen LogP contribution in [-0.2, 0) is 6.42 Å². The first-order chi connectivity index (χ1) is 9.74. The Kier molecular flexibility index (Phi) is 3.77. The predicted molar refractivity (Wildman–Crippen MR) is 83.3 cm³/mol. The summed E-state index contributed by atoms with van der Waals surface area (Å²) in [5.74, 6) is 0.905. The molecule has 0 saturated heterocycles. The van der Waals surface area contributed by atoms with Crippen molar-refractivity contribution in [2.45, 2.75) is 6.42 Å². The SMILES string of the molecule is Clc1cccc(-c2c[nH]c(Cc3ccccc3)n2)c1Cl. The summed E-state index contributed by atoms with van der Waals surface area (Å²) in [6.07, 6.45) is 2.62. The van der Waals surface area contributed by atoms with E-state index in [-0.39, 0.29) is 0 Å². The Morgan fingerprint density at radius 1 is 0.950 bits per heavy atom. The number of imidazole rings is 1. The molecule has 3 rings (SSSR count). The summed E-state index contributed by atoms with van der Waals surface area (Å²) in [7, 11) is 0. The van der Waals surface area contributed by atoms with E-state index in [4.69, 9.17) is 23.2 Å². The molecule has 0 aliphatic rings. The van der Waals surface area contributed by atoms with E-state index >= 15 is 0 Å². The smallest absolute Gasteiger partial charge is 0.111 e. The number of H-pyrrole nitrogens is 1. The van der Waals surface area contributed by atoms with Gasteiger partial charge < -0.3 is 4.98 Å². The van der Waals surface area contributed by atoms with Gasteiger partial charge in [-0.2, -0.15) is 0 Å². The van der Waals surface area contributed by atoms with Crippen molar-refractivity contribution >= 4 is 23.2 Å². The second-order valence-electron chi connectivity index (χ2n) is 4.50. The van der Waals surface area contributed by atoms with Crippen molar-refractivity contribution in [2.75, 3.05) is 0 Å². The molecule has 3 aromatic rings. The van der Waals surface area contributed by atoms with E-state index in [2.05, 4.69) is 22.1 Å². The summed E-state index contributed by atoms with van der Waals surface area (Å²) in [5, 5.41) is 1.07. The van der Waals surface area contributed by atoms with Crippen molar-refractivity contribution in [3.8, 4) is 11.3 Å². The van der Waals surface area contributed by atoms with E-state index in [0.29, 0.717) is 10.0 Å². The maximum atomic E-state index is 6.21. The third-order valence-electron chi connectivity index (χ3n) is 3.07. The quantitative estimate of drug-likeness (QED) is 0.726. The van der Waals surface area contributed by atoms with E-state index in [0.717, 1.165) is 23.5 Å². The van der Waals surface area contributed by atoms with Gasteiger partial charge in [0.15, 0.2) is 0 Å². The van der Waals surface area contributed by atoms with Crippen LogP contribution < -0.4 is 0 Å². The van der Waals surface area contributed by atoms with Gasteiger partial charge >= 0.3 is 0 Å². The number of hydrogen-bond acceptors (Lipinski definition) is 1. The number of aromatic nitrogens is 2. The molecule has 0 aliphatic carbocycles. The molecule has 2 aromatic carbocycles. The molecule has 0 saturated carbocycles. The van der Waals surface area contributed by atoms with Crippen LogP contribution in [0.3, 0.4) is 0 Å². The predicted octanol–water partition coefficient (Wildman–Crippen LogP) is 4.97. The van der Waals surface area contributed by atoms with E-state index in [1.165, 1.54) is 5.56 Å². The maximum Gasteiger partial charge on any atom is 0.111 e. The Bertz CT molecular complexity index is 720. The lowest BCUT2D eigenvalue weighted by Crippen LogP contribution is -1.90. The topological polar surface area (TPSA) is 28.7 Å². The average molecular weight is 303 g/mol. The van der Waals surface area contributed by atoms with Crippen molar-refractivity contribution in [1.29, 1.82) is 0 Å². The zero-order valence-electron chi connectivity index (χ0n) is 10.6. The molecule has 0 spiro atoms. The highest BCUT2D eigenvalue weighted by Crippen LogP contribution is 2.32. The lowest BCUT2D eigenvalue weighted by atomic mass is 10.1. The van der Waals surface area contributed by atoms with E-state index in [1.807, 2.05) is 36.5 Å². The first-order valence-corrected chi connectivity index (χ1v) is 7.02. The molecule has 2 nitrogen and oxygen atoms in total. The molecule has 4 heteroatoms. The van der Waals surface area contributed by atoms with Crippen molar-refractivity contribution in [2.24, 2.45) is 0 Å². The van der Waals surface area contributed by atoms with Gasteiger partial charge in [0, 0.05) is 18.2 Å². The number of rotatable bonds is 3. The highest BCUT2D eigenvalue weighted by Gasteiger charge is 2.10. The fraction of sp³-hybridized carbons (Fsp3) is 0.0625. The fourth-order valence-electron chi connectivity index (χ4n) is 2.08. The summed E-state index contributed by atoms with van der Waals surface area (Å²) in [6.45, 7) is 0. The zero-order chi connectivity index (χ0) is 13.9. The third-order valence-corrected chi connectivity index (χ3v) is 3.89. The van der Waals surface area contributed by atoms with E-state index in [1.54, 1.807) is 6.07 Å². The molecule has 20 heavy (non-hydrogen) atoms. The number of benzene rings is 2. The molecule has 0 aliphatic heterocycles. The Morgan fingerprint density at radius 3 is 2.55 bits per heavy atom. The average Bonchev–Trinajstić information content (AvgIpc) is 2.91. The summed E-state index contributed by atoms with van der Waals surface area (Å²) >= 11 is 12.2. The van der Waals surface area contributed by atoms with E-state index < -0.39 is 0 Å². The molecule has 0 radical (unpaired) electrons. The largest absolute Gasteiger partial charge is 0.348 e. The van der Waals surface area contributed by atoms with Crippen LogP contribution in [-0.4, -0.2) is 9.97 Å². The van der Waals surface area contributed by atoms with Crippen molar-refractivity contribution in [3.05, 3.63) is 76.2 Å². The van der Waals surface area contributed by atoms with Crippen LogP contribution in [0.4, 0.5) is 0 Å². The van der Waals surface area contributed by atoms with Crippen molar-refractivity contribution < 1.29 is 0 Å². The first kappa shape index (κ1) is 13.2. The summed E-state index contributed by atoms with van der Waals surface area (Å²) < 4.78 is 0. The van der Waals surface area contributed by atoms with Crippen molar-refractivity contribution in [3.63, 3.8) is 0 Å². The summed E-state index contributed by atoms with van der Waals surface area (Å²) in [5.41, 5.74) is 2.86. The first-order valence-electron chi connectivity index (χ1n) is 6.26. The lowest BCUT2D eigenvalue weighted by Gasteiger charge is -2.01. The molecule has 1 N–H and O–H groups in total. The fourth-order valence-corrected chi connectivity index (χ4v) is 2.48. The van der Waals surface area contributed by atoms with Crippen LogP contribution in [0.2, 0.25) is 10.0 Å². The van der Waals surface area contributed by atoms with Gasteiger partial charge in [0.25, 0.3) is 0 Å². The van der Waals surface area contributed by atoms with Crippen LogP contribution in [0.5, 0.6) is 0 Å². The molecule has 1 heterocycles. The second kappa shape index (κ2) is 5.70. The Labute approximate surface area is 127 Å². The minimum absolute atomic E-state index is 0.534. The van der Waals surface area contributed by atoms with Crippen LogP contribution in [0, 0.1) is 0 Å². The molecular weight excluding hydrogens is 291 g/mol. The van der Waals surface area contributed by atoms with Gasteiger partial charge in [0.1, 0.15) is 5.82 Å². The standard InChI is InChI=1S/C16H12Cl2N2/c17-13-8-4-7-12(16(13)18)14-10-19-15(20-14)9-11-5-2-1-3-6-11/h1-8,10H,9H2,(H,19,20). The molecule has 100 valence electrons. The van der Waals surface area contributed by atoms with Crippen LogP contribution >= 0.6 is 23.2 Å². The van der Waals surface area contributed by atoms with E-state index in [9.17, 15) is 0 Å². The second-order valence-corrected chi connectivity index (χ2v) is 5.28. The van der Waals surface area contributed by atoms with Gasteiger partial charge in [0.2, 0.25) is 0 Å². The number of nitrogens with zero attached hydrogens (tertiary/aromatic N) is 1. The number of hydrogen-bond donors (Lipinski definition) is 1. The number of aromatic amines is 1. The highest BCUT2D eigenvalue weighted by molar-refractivity contribution is 6.43. The molecule has 0 atom stereocenters. The highest BCUT2D eigenvalue weighted by atomic mass is 35.5. The van der Waals surface area contributed by atoms with Gasteiger partial charge in [0.05, 0.1) is 15.7 Å². The van der Waals surface area contributed by atoms with Gasteiger partial charge in [-0.3, -0.25) is 0 Å². The minimum Gasteiger partial charge on any atom is -0.348 e. The van der Waals surface area contributed by atoms with Crippen LogP contribution in [0.15, 0.2) is 54.7 Å². The van der Waals surface area contributed by atoms with Crippen molar-refractivity contribution in [1.82, 2.24) is 9.97 Å². The lowest BCUT2D eigenvalue weighted by molar-refractivity contribution is 1.03. The molecule has 1 aromatic heterocycles. The number of halogens is 2. The molecule has 0 bridgehead atoms. The Morgan fingerprint density at radius 2 is 1.75 bits per heavy atom. The Balaban J connectivity index is 1.89. The molecular formula is C16H12Cl2N2. The normalized spacial score (nSPS) is 10.7. The molecule has 0 amide bonds. The van der Waals surface area contributed by atoms with Crippen LogP contribution in [0.1, 0.15) is 11.4 Å². The van der Waals surface area contributed by atoms with Crippen LogP contribution in [0.25, 0.3) is 11.3 Å². The number of nitrogens with one attached hydrogen (secondary N) is 1. The summed E-state index contributed by atoms with van der Waals surface area (Å²) in [4.78, 5) is 7.77. The summed E-state index contributed by atoms with van der Waals surface area (Å²) in [6, 6.07) is 15.8. The third kappa shape index (κ3) is 2.72. The molecule has 0 fully saturated rings. The van der Waals surface area contributed by atoms with Gasteiger partial charge in [-0.15, -0.1) is 0 Å². The monoisotopic (exact) mass is 302 g/mol. The van der Waals surface area contributed by atoms with Gasteiger partial charge in [-0.1, -0.05) is 65.7 Å². The van der Waals surface area contributed by atoms with Gasteiger partial charge in [-0.25, -0.2) is 4.98 Å². The van der Waals surface area contributed by atoms with Gasteiger partial charge in [-0.05, 0) is 11.6 Å². The molecule has 0 unspecified atom stereocenters. The zero-order valence-corrected chi connectivity index (χ0v) is 12.1. The maximum absolute atomic E-state index is 6.21. The Hall–Kier alpha value is -1.77. The minimum atomic E-state index is 0.534.